The summed E-state index contributed by atoms with van der Waals surface area (Å²) >= 11 is 0. The first kappa shape index (κ1) is 18.3. The molecular weight excluding hydrogens is 276 g/mol. The lowest BCUT2D eigenvalue weighted by molar-refractivity contribution is 0.308. The van der Waals surface area contributed by atoms with Crippen LogP contribution in [-0.4, -0.2) is 0 Å². The zero-order valence-electron chi connectivity index (χ0n) is 15.6. The van der Waals surface area contributed by atoms with Crippen molar-refractivity contribution in [3.8, 4) is 0 Å². The van der Waals surface area contributed by atoms with Gasteiger partial charge in [-0.2, -0.15) is 0 Å². The highest BCUT2D eigenvalue weighted by atomic mass is 14.3. The first-order valence-corrected chi connectivity index (χ1v) is 10.0. The van der Waals surface area contributed by atoms with E-state index >= 15 is 0 Å². The van der Waals surface area contributed by atoms with Crippen LogP contribution < -0.4 is 0 Å². The maximum atomic E-state index is 2.53. The largest absolute Gasteiger partial charge is 0.0804 e. The molecule has 0 radical (unpaired) electrons. The minimum atomic E-state index is 0.899. The molecule has 1 aliphatic carbocycles. The van der Waals surface area contributed by atoms with Crippen LogP contribution >= 0.6 is 0 Å². The fourth-order valence-electron chi connectivity index (χ4n) is 3.85. The predicted octanol–water partition coefficient (Wildman–Crippen LogP) is 7.43. The fraction of sp³-hybridized carbons (Fsp3) is 0.652. The van der Waals surface area contributed by atoms with E-state index in [1.54, 1.807) is 5.57 Å². The minimum absolute atomic E-state index is 0.899. The second-order valence-corrected chi connectivity index (χ2v) is 7.54. The highest BCUT2D eigenvalue weighted by Crippen LogP contribution is 2.35. The van der Waals surface area contributed by atoms with Crippen LogP contribution in [0.15, 0.2) is 30.3 Å². The van der Waals surface area contributed by atoms with Gasteiger partial charge in [-0.25, -0.2) is 0 Å². The van der Waals surface area contributed by atoms with Crippen molar-refractivity contribution in [1.82, 2.24) is 0 Å². The van der Waals surface area contributed by atoms with E-state index in [0.29, 0.717) is 0 Å². The lowest BCUT2D eigenvalue weighted by Crippen LogP contribution is -2.14. The Morgan fingerprint density at radius 1 is 1.00 bits per heavy atom. The number of unbranched alkanes of at least 4 members (excludes halogenated alkanes) is 3. The van der Waals surface area contributed by atoms with Crippen molar-refractivity contribution >= 4 is 5.57 Å². The first-order valence-electron chi connectivity index (χ1n) is 10.0. The fourth-order valence-corrected chi connectivity index (χ4v) is 3.85. The number of aryl methyl sites for hydroxylation is 1. The first-order chi connectivity index (χ1) is 11.2. The van der Waals surface area contributed by atoms with Crippen molar-refractivity contribution in [1.29, 1.82) is 0 Å². The molecule has 1 aliphatic rings. The molecule has 0 aliphatic heterocycles. The summed E-state index contributed by atoms with van der Waals surface area (Å²) in [5, 5.41) is 0. The molecule has 0 nitrogen and oxygen atoms in total. The van der Waals surface area contributed by atoms with E-state index < -0.39 is 0 Å². The highest BCUT2D eigenvalue weighted by molar-refractivity contribution is 5.66. The second kappa shape index (κ2) is 9.96. The van der Waals surface area contributed by atoms with Crippen molar-refractivity contribution in [3.63, 3.8) is 0 Å². The quantitative estimate of drug-likeness (QED) is 0.416. The predicted molar refractivity (Wildman–Crippen MR) is 104 cm³/mol. The summed E-state index contributed by atoms with van der Waals surface area (Å²) in [4.78, 5) is 0. The molecule has 0 amide bonds. The Labute approximate surface area is 144 Å². The lowest BCUT2D eigenvalue weighted by atomic mass is 9.78. The molecule has 1 aromatic rings. The summed E-state index contributed by atoms with van der Waals surface area (Å²) < 4.78 is 0. The molecule has 128 valence electrons. The molecule has 0 aromatic heterocycles. The monoisotopic (exact) mass is 312 g/mol. The zero-order valence-corrected chi connectivity index (χ0v) is 15.6. The topological polar surface area (TPSA) is 0 Å². The molecule has 0 spiro atoms. The third kappa shape index (κ3) is 5.83. The number of hydrogen-bond donors (Lipinski definition) is 0. The van der Waals surface area contributed by atoms with Gasteiger partial charge in [0.15, 0.2) is 0 Å². The van der Waals surface area contributed by atoms with Gasteiger partial charge in [-0.15, -0.1) is 0 Å². The van der Waals surface area contributed by atoms with Gasteiger partial charge in [0.1, 0.15) is 0 Å². The molecule has 2 atom stereocenters. The molecule has 0 heteroatoms. The summed E-state index contributed by atoms with van der Waals surface area (Å²) in [6.45, 7) is 7.04. The van der Waals surface area contributed by atoms with Gasteiger partial charge in [-0.1, -0.05) is 83.2 Å². The molecule has 23 heavy (non-hydrogen) atoms. The Morgan fingerprint density at radius 3 is 2.35 bits per heavy atom. The lowest BCUT2D eigenvalue weighted by Gasteiger charge is -2.27. The molecule has 0 fully saturated rings. The van der Waals surface area contributed by atoms with Gasteiger partial charge < -0.3 is 0 Å². The van der Waals surface area contributed by atoms with E-state index in [2.05, 4.69) is 51.1 Å². The van der Waals surface area contributed by atoms with Gasteiger partial charge in [-0.3, -0.25) is 0 Å². The Hall–Kier alpha value is -1.04. The van der Waals surface area contributed by atoms with Crippen LogP contribution in [0, 0.1) is 11.8 Å². The summed E-state index contributed by atoms with van der Waals surface area (Å²) in [7, 11) is 0. The van der Waals surface area contributed by atoms with E-state index in [1.165, 1.54) is 75.3 Å². The summed E-state index contributed by atoms with van der Waals surface area (Å²) in [5.74, 6) is 1.82. The molecular formula is C23H36. The van der Waals surface area contributed by atoms with Crippen molar-refractivity contribution in [2.45, 2.75) is 85.0 Å². The summed E-state index contributed by atoms with van der Waals surface area (Å²) in [6.07, 6.45) is 15.9. The SMILES string of the molecule is CCCCCC(C)C1CC=C(c2ccc(CCCC)cc2)CC1. The smallest absolute Gasteiger partial charge is 0.0228 e. The normalized spacial score (nSPS) is 19.4. The van der Waals surface area contributed by atoms with E-state index in [-0.39, 0.29) is 0 Å². The van der Waals surface area contributed by atoms with Crippen LogP contribution in [0.25, 0.3) is 5.57 Å². The minimum Gasteiger partial charge on any atom is -0.0804 e. The van der Waals surface area contributed by atoms with Crippen LogP contribution in [-0.2, 0) is 6.42 Å². The van der Waals surface area contributed by atoms with Crippen molar-refractivity contribution in [2.24, 2.45) is 11.8 Å². The average molecular weight is 313 g/mol. The van der Waals surface area contributed by atoms with Crippen LogP contribution in [0.2, 0.25) is 0 Å². The molecule has 2 rings (SSSR count). The number of hydrogen-bond acceptors (Lipinski definition) is 0. The van der Waals surface area contributed by atoms with Gasteiger partial charge in [0.05, 0.1) is 0 Å². The van der Waals surface area contributed by atoms with Crippen LogP contribution in [0.4, 0.5) is 0 Å². The molecule has 0 saturated heterocycles. The highest BCUT2D eigenvalue weighted by Gasteiger charge is 2.20. The Bertz CT molecular complexity index is 465. The van der Waals surface area contributed by atoms with Gasteiger partial charge in [-0.05, 0) is 60.6 Å². The van der Waals surface area contributed by atoms with Gasteiger partial charge >= 0.3 is 0 Å². The molecule has 0 saturated carbocycles. The maximum Gasteiger partial charge on any atom is -0.0228 e. The third-order valence-electron chi connectivity index (χ3n) is 5.66. The number of allylic oxidation sites excluding steroid dienone is 2. The Morgan fingerprint density at radius 2 is 1.74 bits per heavy atom. The van der Waals surface area contributed by atoms with E-state index in [1.807, 2.05) is 0 Å². The molecule has 0 heterocycles. The van der Waals surface area contributed by atoms with Gasteiger partial charge in [0.25, 0.3) is 0 Å². The summed E-state index contributed by atoms with van der Waals surface area (Å²) in [6, 6.07) is 9.38. The number of rotatable bonds is 9. The number of benzene rings is 1. The van der Waals surface area contributed by atoms with E-state index in [0.717, 1.165) is 11.8 Å². The van der Waals surface area contributed by atoms with Gasteiger partial charge in [0.2, 0.25) is 0 Å². The Balaban J connectivity index is 1.86. The van der Waals surface area contributed by atoms with Crippen molar-refractivity contribution in [3.05, 3.63) is 41.5 Å². The van der Waals surface area contributed by atoms with Crippen molar-refractivity contribution < 1.29 is 0 Å². The maximum absolute atomic E-state index is 2.53. The van der Waals surface area contributed by atoms with Crippen LogP contribution in [0.5, 0.6) is 0 Å². The Kier molecular flexibility index (Phi) is 7.92. The standard InChI is InChI=1S/C23H36/c1-4-6-8-9-19(3)21-15-17-23(18-16-21)22-13-11-20(12-14-22)10-7-5-2/h11-14,17,19,21H,4-10,15-16,18H2,1-3H3. The average Bonchev–Trinajstić information content (AvgIpc) is 2.61. The van der Waals surface area contributed by atoms with Gasteiger partial charge in [0, 0.05) is 0 Å². The van der Waals surface area contributed by atoms with Crippen LogP contribution in [0.3, 0.4) is 0 Å². The molecule has 0 bridgehead atoms. The third-order valence-corrected chi connectivity index (χ3v) is 5.66. The van der Waals surface area contributed by atoms with Crippen LogP contribution in [0.1, 0.15) is 89.7 Å². The zero-order chi connectivity index (χ0) is 16.5. The summed E-state index contributed by atoms with van der Waals surface area (Å²) in [5.41, 5.74) is 4.54. The van der Waals surface area contributed by atoms with Crippen molar-refractivity contribution in [2.75, 3.05) is 0 Å². The molecule has 2 unspecified atom stereocenters. The molecule has 0 N–H and O–H groups in total. The van der Waals surface area contributed by atoms with E-state index in [4.69, 9.17) is 0 Å². The van der Waals surface area contributed by atoms with E-state index in [9.17, 15) is 0 Å². The second-order valence-electron chi connectivity index (χ2n) is 7.54. The molecule has 1 aromatic carbocycles.